The van der Waals surface area contributed by atoms with E-state index in [1.54, 1.807) is 12.1 Å². The van der Waals surface area contributed by atoms with Crippen molar-refractivity contribution in [2.24, 2.45) is 23.2 Å². The van der Waals surface area contributed by atoms with Crippen molar-refractivity contribution in [1.29, 1.82) is 0 Å². The molecule has 1 aromatic carbocycles. The van der Waals surface area contributed by atoms with Gasteiger partial charge in [0.15, 0.2) is 0 Å². The molecule has 2 N–H and O–H groups in total. The number of nitrogens with one attached hydrogen (secondary N) is 2. The molecule has 4 aliphatic rings. The second-order valence-corrected chi connectivity index (χ2v) is 9.02. The van der Waals surface area contributed by atoms with Crippen LogP contribution < -0.4 is 10.6 Å². The molecule has 152 valence electrons. The van der Waals surface area contributed by atoms with Gasteiger partial charge in [0.05, 0.1) is 0 Å². The molecule has 28 heavy (non-hydrogen) atoms. The van der Waals surface area contributed by atoms with Crippen LogP contribution in [-0.4, -0.2) is 18.0 Å². The fourth-order valence-electron chi connectivity index (χ4n) is 6.02. The number of halogens is 3. The van der Waals surface area contributed by atoms with Crippen molar-refractivity contribution in [2.75, 3.05) is 5.32 Å². The van der Waals surface area contributed by atoms with E-state index in [1.807, 2.05) is 5.32 Å². The highest BCUT2D eigenvalue weighted by Gasteiger charge is 2.51. The predicted molar refractivity (Wildman–Crippen MR) is 98.2 cm³/mol. The molecular weight excluding hydrogens is 369 g/mol. The van der Waals surface area contributed by atoms with Crippen LogP contribution in [0.1, 0.15) is 50.5 Å². The Labute approximate surface area is 162 Å². The largest absolute Gasteiger partial charge is 0.471 e. The van der Waals surface area contributed by atoms with Crippen molar-refractivity contribution in [3.63, 3.8) is 0 Å². The van der Waals surface area contributed by atoms with Gasteiger partial charge in [0.25, 0.3) is 0 Å². The summed E-state index contributed by atoms with van der Waals surface area (Å²) in [6, 6.07) is 6.03. The summed E-state index contributed by atoms with van der Waals surface area (Å²) >= 11 is 0. The Kier molecular flexibility index (Phi) is 4.88. The second-order valence-electron chi connectivity index (χ2n) is 9.02. The second kappa shape index (κ2) is 7.08. The minimum atomic E-state index is -4.91. The zero-order valence-electron chi connectivity index (χ0n) is 15.6. The molecule has 0 aromatic heterocycles. The molecule has 0 aliphatic heterocycles. The van der Waals surface area contributed by atoms with E-state index in [0.29, 0.717) is 13.0 Å². The van der Waals surface area contributed by atoms with Crippen LogP contribution in [0.15, 0.2) is 24.3 Å². The van der Waals surface area contributed by atoms with Crippen molar-refractivity contribution < 1.29 is 22.8 Å². The first-order valence-corrected chi connectivity index (χ1v) is 9.95. The first kappa shape index (κ1) is 19.3. The Morgan fingerprint density at radius 3 is 2.00 bits per heavy atom. The predicted octanol–water partition coefficient (Wildman–Crippen LogP) is 4.41. The van der Waals surface area contributed by atoms with Crippen LogP contribution in [0.3, 0.4) is 0 Å². The Balaban J connectivity index is 1.28. The minimum Gasteiger partial charge on any atom is -0.352 e. The summed E-state index contributed by atoms with van der Waals surface area (Å²) in [5.41, 5.74) is 1.04. The molecule has 0 spiro atoms. The maximum atomic E-state index is 12.5. The first-order chi connectivity index (χ1) is 13.2. The van der Waals surface area contributed by atoms with E-state index in [4.69, 9.17) is 0 Å². The van der Waals surface area contributed by atoms with Crippen LogP contribution in [0, 0.1) is 23.2 Å². The number of carbonyl (C=O) groups is 2. The summed E-state index contributed by atoms with van der Waals surface area (Å²) in [6.45, 7) is 0.332. The molecule has 2 amide bonds. The van der Waals surface area contributed by atoms with E-state index in [2.05, 4.69) is 5.32 Å². The monoisotopic (exact) mass is 394 g/mol. The van der Waals surface area contributed by atoms with Gasteiger partial charge in [-0.1, -0.05) is 12.1 Å². The van der Waals surface area contributed by atoms with Gasteiger partial charge in [0, 0.05) is 18.7 Å². The number of hydrogen-bond acceptors (Lipinski definition) is 2. The Morgan fingerprint density at radius 1 is 0.964 bits per heavy atom. The summed E-state index contributed by atoms with van der Waals surface area (Å²) in [5.74, 6) is 0.469. The van der Waals surface area contributed by atoms with E-state index in [0.717, 1.165) is 23.3 Å². The number of carbonyl (C=O) groups excluding carboxylic acids is 2. The molecule has 4 aliphatic carbocycles. The lowest BCUT2D eigenvalue weighted by molar-refractivity contribution is -0.167. The third-order valence-corrected chi connectivity index (χ3v) is 6.66. The fraction of sp³-hybridized carbons (Fsp3) is 0.619. The molecule has 4 nitrogen and oxygen atoms in total. The minimum absolute atomic E-state index is 0.0522. The topological polar surface area (TPSA) is 58.2 Å². The highest BCUT2D eigenvalue weighted by atomic mass is 19.4. The molecular formula is C21H25F3N2O2. The molecule has 0 radical (unpaired) electrons. The van der Waals surface area contributed by atoms with Crippen LogP contribution in [0.25, 0.3) is 0 Å². The normalized spacial score (nSPS) is 30.9. The maximum Gasteiger partial charge on any atom is 0.471 e. The first-order valence-electron chi connectivity index (χ1n) is 9.95. The van der Waals surface area contributed by atoms with Crippen LogP contribution in [0.2, 0.25) is 0 Å². The number of rotatable bonds is 5. The van der Waals surface area contributed by atoms with Crippen LogP contribution in [-0.2, 0) is 16.1 Å². The summed E-state index contributed by atoms with van der Waals surface area (Å²) in [6.07, 6.45) is 3.24. The SMILES string of the molecule is O=C(CC12CC3CC(CC(C3)C1)C2)NCc1ccc(NC(=O)C(F)(F)F)cc1. The summed E-state index contributed by atoms with van der Waals surface area (Å²) < 4.78 is 36.8. The number of alkyl halides is 3. The Morgan fingerprint density at radius 2 is 1.50 bits per heavy atom. The molecule has 4 saturated carbocycles. The Bertz CT molecular complexity index is 723. The highest BCUT2D eigenvalue weighted by Crippen LogP contribution is 2.61. The van der Waals surface area contributed by atoms with Gasteiger partial charge in [-0.05, 0) is 79.4 Å². The van der Waals surface area contributed by atoms with Gasteiger partial charge in [0.1, 0.15) is 0 Å². The molecule has 0 unspecified atom stereocenters. The smallest absolute Gasteiger partial charge is 0.352 e. The molecule has 0 saturated heterocycles. The number of amides is 2. The quantitative estimate of drug-likeness (QED) is 0.777. The average Bonchev–Trinajstić information content (AvgIpc) is 2.58. The fourth-order valence-corrected chi connectivity index (χ4v) is 6.02. The number of hydrogen-bond donors (Lipinski definition) is 2. The summed E-state index contributed by atoms with van der Waals surface area (Å²) in [7, 11) is 0. The number of benzene rings is 1. The standard InChI is InChI=1S/C21H25F3N2O2/c22-21(23,24)19(28)26-17-3-1-13(2-4-17)12-25-18(27)11-20-8-14-5-15(9-20)7-16(6-14)10-20/h1-4,14-16H,5-12H2,(H,25,27)(H,26,28). The third kappa shape index (κ3) is 4.18. The molecule has 5 rings (SSSR count). The lowest BCUT2D eigenvalue weighted by Gasteiger charge is -2.56. The van der Waals surface area contributed by atoms with Gasteiger partial charge in [-0.15, -0.1) is 0 Å². The van der Waals surface area contributed by atoms with Crippen molar-refractivity contribution in [3.8, 4) is 0 Å². The Hall–Kier alpha value is -2.05. The van der Waals surface area contributed by atoms with Gasteiger partial charge in [0.2, 0.25) is 5.91 Å². The zero-order valence-corrected chi connectivity index (χ0v) is 15.6. The highest BCUT2D eigenvalue weighted by molar-refractivity contribution is 5.94. The van der Waals surface area contributed by atoms with Crippen molar-refractivity contribution in [2.45, 2.75) is 57.7 Å². The lowest BCUT2D eigenvalue weighted by Crippen LogP contribution is -2.47. The van der Waals surface area contributed by atoms with Crippen molar-refractivity contribution in [3.05, 3.63) is 29.8 Å². The summed E-state index contributed by atoms with van der Waals surface area (Å²) in [4.78, 5) is 23.5. The van der Waals surface area contributed by atoms with Crippen molar-refractivity contribution in [1.82, 2.24) is 5.32 Å². The van der Waals surface area contributed by atoms with Gasteiger partial charge < -0.3 is 10.6 Å². The van der Waals surface area contributed by atoms with Crippen LogP contribution >= 0.6 is 0 Å². The van der Waals surface area contributed by atoms with E-state index in [1.165, 1.54) is 50.7 Å². The molecule has 7 heteroatoms. The molecule has 4 fully saturated rings. The average molecular weight is 394 g/mol. The van der Waals surface area contributed by atoms with Crippen LogP contribution in [0.4, 0.5) is 18.9 Å². The zero-order chi connectivity index (χ0) is 19.9. The molecule has 1 aromatic rings. The molecule has 4 bridgehead atoms. The van der Waals surface area contributed by atoms with Gasteiger partial charge in [-0.2, -0.15) is 13.2 Å². The van der Waals surface area contributed by atoms with E-state index >= 15 is 0 Å². The molecule has 0 atom stereocenters. The van der Waals surface area contributed by atoms with Crippen LogP contribution in [0.5, 0.6) is 0 Å². The van der Waals surface area contributed by atoms with Gasteiger partial charge in [-0.3, -0.25) is 9.59 Å². The van der Waals surface area contributed by atoms with Gasteiger partial charge >= 0.3 is 12.1 Å². The van der Waals surface area contributed by atoms with E-state index < -0.39 is 12.1 Å². The van der Waals surface area contributed by atoms with E-state index in [9.17, 15) is 22.8 Å². The lowest BCUT2D eigenvalue weighted by atomic mass is 9.49. The maximum absolute atomic E-state index is 12.5. The van der Waals surface area contributed by atoms with E-state index in [-0.39, 0.29) is 17.0 Å². The third-order valence-electron chi connectivity index (χ3n) is 6.66. The number of anilines is 1. The van der Waals surface area contributed by atoms with Crippen molar-refractivity contribution >= 4 is 17.5 Å². The summed E-state index contributed by atoms with van der Waals surface area (Å²) in [5, 5.41) is 4.76. The molecule has 0 heterocycles. The van der Waals surface area contributed by atoms with Gasteiger partial charge in [-0.25, -0.2) is 0 Å².